The van der Waals surface area contributed by atoms with Gasteiger partial charge in [0.05, 0.1) is 11.3 Å². The normalized spacial score (nSPS) is 10.3. The third-order valence-electron chi connectivity index (χ3n) is 2.44. The van der Waals surface area contributed by atoms with Gasteiger partial charge in [0.25, 0.3) is 5.91 Å². The van der Waals surface area contributed by atoms with Crippen molar-refractivity contribution >= 4 is 33.7 Å². The maximum Gasteiger partial charge on any atom is 0.258 e. The van der Waals surface area contributed by atoms with Crippen LogP contribution in [0.1, 0.15) is 10.4 Å². The average molecular weight is 287 g/mol. The van der Waals surface area contributed by atoms with Crippen LogP contribution in [-0.2, 0) is 0 Å². The van der Waals surface area contributed by atoms with Crippen molar-refractivity contribution in [2.45, 2.75) is 0 Å². The molecule has 0 saturated carbocycles. The molecule has 0 radical (unpaired) electrons. The molecule has 6 heteroatoms. The summed E-state index contributed by atoms with van der Waals surface area (Å²) in [7, 11) is 0. The molecule has 0 atom stereocenters. The Bertz CT molecular complexity index is 677. The van der Waals surface area contributed by atoms with E-state index < -0.39 is 0 Å². The molecule has 3 rings (SSSR count). The van der Waals surface area contributed by atoms with Gasteiger partial charge >= 0.3 is 0 Å². The van der Waals surface area contributed by atoms with Gasteiger partial charge in [0.1, 0.15) is 5.69 Å². The fourth-order valence-electron chi connectivity index (χ4n) is 1.53. The molecule has 0 aliphatic heterocycles. The van der Waals surface area contributed by atoms with E-state index in [1.807, 2.05) is 34.3 Å². The van der Waals surface area contributed by atoms with Crippen LogP contribution in [0.2, 0.25) is 0 Å². The number of hydrogen-bond acceptors (Lipinski definition) is 5. The highest BCUT2D eigenvalue weighted by molar-refractivity contribution is 7.14. The zero-order valence-corrected chi connectivity index (χ0v) is 11.4. The number of anilines is 1. The number of hydrogen-bond donors (Lipinski definition) is 1. The molecule has 19 heavy (non-hydrogen) atoms. The molecule has 3 aromatic rings. The first-order valence-electron chi connectivity index (χ1n) is 5.53. The van der Waals surface area contributed by atoms with Gasteiger partial charge in [0, 0.05) is 17.0 Å². The number of rotatable bonds is 3. The molecule has 0 aliphatic carbocycles. The van der Waals surface area contributed by atoms with Crippen LogP contribution < -0.4 is 5.32 Å². The summed E-state index contributed by atoms with van der Waals surface area (Å²) in [6.45, 7) is 0. The Morgan fingerprint density at radius 2 is 2.11 bits per heavy atom. The topological polar surface area (TPSA) is 54.9 Å². The molecule has 0 aliphatic rings. The Morgan fingerprint density at radius 3 is 2.84 bits per heavy atom. The van der Waals surface area contributed by atoms with Crippen LogP contribution >= 0.6 is 22.7 Å². The minimum atomic E-state index is -0.136. The van der Waals surface area contributed by atoms with Crippen LogP contribution in [-0.4, -0.2) is 15.9 Å². The van der Waals surface area contributed by atoms with Crippen molar-refractivity contribution in [3.8, 4) is 11.4 Å². The number of amides is 1. The van der Waals surface area contributed by atoms with Crippen molar-refractivity contribution in [3.63, 3.8) is 0 Å². The Balaban J connectivity index is 1.77. The summed E-state index contributed by atoms with van der Waals surface area (Å²) in [6, 6.07) is 7.44. The van der Waals surface area contributed by atoms with Crippen molar-refractivity contribution in [1.82, 2.24) is 9.97 Å². The number of nitrogens with zero attached hydrogens (tertiary/aromatic N) is 2. The van der Waals surface area contributed by atoms with Crippen LogP contribution in [0.15, 0.2) is 46.6 Å². The van der Waals surface area contributed by atoms with E-state index in [0.717, 1.165) is 11.4 Å². The van der Waals surface area contributed by atoms with Gasteiger partial charge in [-0.3, -0.25) is 15.1 Å². The zero-order valence-electron chi connectivity index (χ0n) is 9.74. The Morgan fingerprint density at radius 1 is 1.16 bits per heavy atom. The maximum atomic E-state index is 11.9. The highest BCUT2D eigenvalue weighted by atomic mass is 32.1. The van der Waals surface area contributed by atoms with Crippen LogP contribution in [0.5, 0.6) is 0 Å². The lowest BCUT2D eigenvalue weighted by Crippen LogP contribution is -2.10. The average Bonchev–Trinajstić information content (AvgIpc) is 3.11. The predicted molar refractivity (Wildman–Crippen MR) is 77.6 cm³/mol. The van der Waals surface area contributed by atoms with Crippen molar-refractivity contribution in [1.29, 1.82) is 0 Å². The van der Waals surface area contributed by atoms with Crippen LogP contribution in [0, 0.1) is 0 Å². The molecule has 0 unspecified atom stereocenters. The number of carbonyl (C=O) groups excluding carboxylic acids is 1. The Hall–Kier alpha value is -2.05. The lowest BCUT2D eigenvalue weighted by atomic mass is 10.3. The number of pyridine rings is 1. The summed E-state index contributed by atoms with van der Waals surface area (Å²) in [5.74, 6) is -0.136. The molecule has 0 bridgehead atoms. The summed E-state index contributed by atoms with van der Waals surface area (Å²) >= 11 is 2.88. The first kappa shape index (κ1) is 12.0. The van der Waals surface area contributed by atoms with Crippen LogP contribution in [0.25, 0.3) is 11.4 Å². The molecular formula is C13H9N3OS2. The molecule has 0 saturated heterocycles. The monoisotopic (exact) mass is 287 g/mol. The summed E-state index contributed by atoms with van der Waals surface area (Å²) < 4.78 is 0. The second-order valence-corrected chi connectivity index (χ2v) is 5.36. The second kappa shape index (κ2) is 5.29. The third-order valence-corrected chi connectivity index (χ3v) is 3.88. The molecular weight excluding hydrogens is 278 g/mol. The lowest BCUT2D eigenvalue weighted by Gasteiger charge is -1.98. The second-order valence-electron chi connectivity index (χ2n) is 3.72. The van der Waals surface area contributed by atoms with Gasteiger partial charge in [-0.1, -0.05) is 6.07 Å². The summed E-state index contributed by atoms with van der Waals surface area (Å²) in [5, 5.41) is 8.92. The molecule has 4 nitrogen and oxygen atoms in total. The summed E-state index contributed by atoms with van der Waals surface area (Å²) in [4.78, 5) is 20.4. The van der Waals surface area contributed by atoms with Crippen molar-refractivity contribution in [3.05, 3.63) is 52.2 Å². The Kier molecular flexibility index (Phi) is 3.35. The highest BCUT2D eigenvalue weighted by Gasteiger charge is 2.10. The molecule has 0 spiro atoms. The SMILES string of the molecule is O=C(Nc1nc(-c2ccccn2)cs1)c1ccsc1. The minimum Gasteiger partial charge on any atom is -0.298 e. The molecule has 0 fully saturated rings. The van der Waals surface area contributed by atoms with E-state index in [2.05, 4.69) is 15.3 Å². The van der Waals surface area contributed by atoms with E-state index in [4.69, 9.17) is 0 Å². The van der Waals surface area contributed by atoms with E-state index in [-0.39, 0.29) is 5.91 Å². The van der Waals surface area contributed by atoms with Gasteiger partial charge in [-0.2, -0.15) is 11.3 Å². The first-order chi connectivity index (χ1) is 9.33. The number of thiazole rings is 1. The van der Waals surface area contributed by atoms with E-state index in [9.17, 15) is 4.79 Å². The van der Waals surface area contributed by atoms with Gasteiger partial charge in [0.15, 0.2) is 5.13 Å². The molecule has 1 N–H and O–H groups in total. The number of nitrogens with one attached hydrogen (secondary N) is 1. The highest BCUT2D eigenvalue weighted by Crippen LogP contribution is 2.23. The van der Waals surface area contributed by atoms with Crippen LogP contribution in [0.3, 0.4) is 0 Å². The molecule has 1 amide bonds. The molecule has 3 heterocycles. The maximum absolute atomic E-state index is 11.9. The van der Waals surface area contributed by atoms with Crippen molar-refractivity contribution in [2.75, 3.05) is 5.32 Å². The molecule has 0 aromatic carbocycles. The lowest BCUT2D eigenvalue weighted by molar-refractivity contribution is 0.102. The summed E-state index contributed by atoms with van der Waals surface area (Å²) in [5.41, 5.74) is 2.22. The van der Waals surface area contributed by atoms with Gasteiger partial charge in [-0.25, -0.2) is 4.98 Å². The van der Waals surface area contributed by atoms with E-state index >= 15 is 0 Å². The van der Waals surface area contributed by atoms with Gasteiger partial charge in [-0.05, 0) is 23.6 Å². The fourth-order valence-corrected chi connectivity index (χ4v) is 2.86. The predicted octanol–water partition coefficient (Wildman–Crippen LogP) is 3.52. The largest absolute Gasteiger partial charge is 0.298 e. The third kappa shape index (κ3) is 2.69. The van der Waals surface area contributed by atoms with E-state index in [1.54, 1.807) is 12.3 Å². The van der Waals surface area contributed by atoms with Crippen molar-refractivity contribution in [2.24, 2.45) is 0 Å². The summed E-state index contributed by atoms with van der Waals surface area (Å²) in [6.07, 6.45) is 1.72. The first-order valence-corrected chi connectivity index (χ1v) is 7.35. The van der Waals surface area contributed by atoms with E-state index in [1.165, 1.54) is 22.7 Å². The van der Waals surface area contributed by atoms with Crippen LogP contribution in [0.4, 0.5) is 5.13 Å². The van der Waals surface area contributed by atoms with Gasteiger partial charge < -0.3 is 0 Å². The van der Waals surface area contributed by atoms with Gasteiger partial charge in [0.2, 0.25) is 0 Å². The zero-order chi connectivity index (χ0) is 13.1. The molecule has 94 valence electrons. The standard InChI is InChI=1S/C13H9N3OS2/c17-12(9-4-6-18-7-9)16-13-15-11(8-19-13)10-3-1-2-5-14-10/h1-8H,(H,15,16,17). The number of aromatic nitrogens is 2. The van der Waals surface area contributed by atoms with Crippen molar-refractivity contribution < 1.29 is 4.79 Å². The Labute approximate surface area is 117 Å². The molecule has 3 aromatic heterocycles. The van der Waals surface area contributed by atoms with Gasteiger partial charge in [-0.15, -0.1) is 11.3 Å². The number of thiophene rings is 1. The number of carbonyl (C=O) groups is 1. The quantitative estimate of drug-likeness (QED) is 0.802. The minimum absolute atomic E-state index is 0.136. The fraction of sp³-hybridized carbons (Fsp3) is 0. The smallest absolute Gasteiger partial charge is 0.258 e. The van der Waals surface area contributed by atoms with E-state index in [0.29, 0.717) is 10.7 Å².